The van der Waals surface area contributed by atoms with Crippen LogP contribution in [-0.2, 0) is 21.2 Å². The third-order valence-corrected chi connectivity index (χ3v) is 4.81. The highest BCUT2D eigenvalue weighted by atomic mass is 32.2. The Hall–Kier alpha value is -2.90. The van der Waals surface area contributed by atoms with Gasteiger partial charge in [-0.05, 0) is 12.5 Å². The van der Waals surface area contributed by atoms with Crippen molar-refractivity contribution in [1.29, 1.82) is 0 Å². The van der Waals surface area contributed by atoms with Crippen LogP contribution in [0.2, 0.25) is 0 Å². The summed E-state index contributed by atoms with van der Waals surface area (Å²) in [6.45, 7) is 4.77. The minimum Gasteiger partial charge on any atom is -0.479 e. The maximum absolute atomic E-state index is 11.6. The Morgan fingerprint density at radius 1 is 1.24 bits per heavy atom. The van der Waals surface area contributed by atoms with E-state index in [9.17, 15) is 8.42 Å². The number of hydrogen-bond donors (Lipinski definition) is 1. The number of pyridine rings is 1. The Labute approximate surface area is 170 Å². The van der Waals surface area contributed by atoms with Crippen molar-refractivity contribution in [1.82, 2.24) is 15.0 Å². The molecule has 29 heavy (non-hydrogen) atoms. The molecule has 0 amide bonds. The lowest BCUT2D eigenvalue weighted by molar-refractivity contribution is 0.122. The molecule has 1 aliphatic rings. The third kappa shape index (κ3) is 5.34. The molecule has 1 fully saturated rings. The minimum atomic E-state index is -3.48. The summed E-state index contributed by atoms with van der Waals surface area (Å²) in [5.41, 5.74) is 2.38. The predicted molar refractivity (Wildman–Crippen MR) is 110 cm³/mol. The Morgan fingerprint density at radius 2 is 2.00 bits per heavy atom. The second-order valence-electron chi connectivity index (χ2n) is 6.38. The third-order valence-electron chi connectivity index (χ3n) is 4.22. The molecule has 9 nitrogen and oxygen atoms in total. The van der Waals surface area contributed by atoms with E-state index in [1.54, 1.807) is 12.4 Å². The lowest BCUT2D eigenvalue weighted by Crippen LogP contribution is -2.37. The van der Waals surface area contributed by atoms with E-state index in [-0.39, 0.29) is 11.6 Å². The zero-order valence-corrected chi connectivity index (χ0v) is 17.4. The molecule has 0 aliphatic carbocycles. The number of morpholine rings is 1. The topological polar surface area (TPSA) is 107 Å². The Balaban J connectivity index is 2.00. The summed E-state index contributed by atoms with van der Waals surface area (Å²) in [6.07, 6.45) is 4.86. The van der Waals surface area contributed by atoms with E-state index in [4.69, 9.17) is 9.47 Å². The molecule has 3 rings (SSSR count). The van der Waals surface area contributed by atoms with E-state index >= 15 is 0 Å². The number of hydrogen-bond acceptors (Lipinski definition) is 8. The maximum atomic E-state index is 11.6. The first kappa shape index (κ1) is 20.8. The summed E-state index contributed by atoms with van der Waals surface area (Å²) in [5.74, 6) is 7.16. The predicted octanol–water partition coefficient (Wildman–Crippen LogP) is 1.05. The van der Waals surface area contributed by atoms with Crippen LogP contribution in [0.4, 0.5) is 11.5 Å². The molecule has 0 saturated carbocycles. The first-order chi connectivity index (χ1) is 13.9. The number of aryl methyl sites for hydroxylation is 1. The second kappa shape index (κ2) is 9.07. The van der Waals surface area contributed by atoms with Gasteiger partial charge >= 0.3 is 0 Å². The fourth-order valence-electron chi connectivity index (χ4n) is 2.91. The maximum Gasteiger partial charge on any atom is 0.238 e. The van der Waals surface area contributed by atoms with Gasteiger partial charge in [-0.15, -0.1) is 0 Å². The fourth-order valence-corrected chi connectivity index (χ4v) is 3.46. The lowest BCUT2D eigenvalue weighted by atomic mass is 10.1. The standard InChI is InChI=1S/C19H23N5O4S/c1-4-16-15(18(22-13-21-16)24-7-9-28-10-8-24)6-5-14-11-17(23-29(3,25)26)19(27-2)20-12-14/h11-13,23H,4,7-10H2,1-3H3. The highest BCUT2D eigenvalue weighted by Gasteiger charge is 2.18. The van der Waals surface area contributed by atoms with Gasteiger partial charge in [-0.2, -0.15) is 0 Å². The molecule has 10 heteroatoms. The van der Waals surface area contributed by atoms with Gasteiger partial charge < -0.3 is 14.4 Å². The van der Waals surface area contributed by atoms with Crippen LogP contribution < -0.4 is 14.4 Å². The number of methoxy groups -OCH3 is 1. The number of rotatable bonds is 5. The van der Waals surface area contributed by atoms with Crippen LogP contribution in [0.15, 0.2) is 18.6 Å². The van der Waals surface area contributed by atoms with E-state index in [0.29, 0.717) is 25.2 Å². The van der Waals surface area contributed by atoms with Gasteiger partial charge in [0.05, 0.1) is 37.8 Å². The molecular weight excluding hydrogens is 394 g/mol. The van der Waals surface area contributed by atoms with Crippen molar-refractivity contribution < 1.29 is 17.9 Å². The van der Waals surface area contributed by atoms with E-state index < -0.39 is 10.0 Å². The number of aromatic nitrogens is 3. The van der Waals surface area contributed by atoms with Crippen molar-refractivity contribution in [3.8, 4) is 17.7 Å². The summed E-state index contributed by atoms with van der Waals surface area (Å²) in [7, 11) is -2.06. The Morgan fingerprint density at radius 3 is 2.66 bits per heavy atom. The molecule has 2 aromatic heterocycles. The summed E-state index contributed by atoms with van der Waals surface area (Å²) in [6, 6.07) is 1.59. The van der Waals surface area contributed by atoms with Crippen molar-refractivity contribution in [2.45, 2.75) is 13.3 Å². The molecule has 0 unspecified atom stereocenters. The molecule has 1 N–H and O–H groups in total. The van der Waals surface area contributed by atoms with Gasteiger partial charge in [-0.3, -0.25) is 4.72 Å². The van der Waals surface area contributed by atoms with Gasteiger partial charge in [0.2, 0.25) is 15.9 Å². The highest BCUT2D eigenvalue weighted by molar-refractivity contribution is 7.92. The summed E-state index contributed by atoms with van der Waals surface area (Å²) in [5, 5.41) is 0. The average molecular weight is 417 g/mol. The van der Waals surface area contributed by atoms with Gasteiger partial charge in [-0.25, -0.2) is 23.4 Å². The molecule has 0 radical (unpaired) electrons. The molecule has 0 spiro atoms. The number of nitrogens with one attached hydrogen (secondary N) is 1. The van der Waals surface area contributed by atoms with E-state index in [1.807, 2.05) is 6.92 Å². The Kier molecular flexibility index (Phi) is 6.51. The molecule has 0 atom stereocenters. The minimum absolute atomic E-state index is 0.173. The summed E-state index contributed by atoms with van der Waals surface area (Å²) in [4.78, 5) is 15.1. The summed E-state index contributed by atoms with van der Waals surface area (Å²) >= 11 is 0. The SMILES string of the molecule is CCc1ncnc(N2CCOCC2)c1C#Cc1cnc(OC)c(NS(C)(=O)=O)c1. The zero-order valence-electron chi connectivity index (χ0n) is 16.6. The molecule has 1 aliphatic heterocycles. The van der Waals surface area contributed by atoms with Crippen LogP contribution in [0.25, 0.3) is 0 Å². The van der Waals surface area contributed by atoms with Gasteiger partial charge in [0.25, 0.3) is 0 Å². The molecular formula is C19H23N5O4S. The van der Waals surface area contributed by atoms with E-state index in [0.717, 1.165) is 36.4 Å². The quantitative estimate of drug-likeness (QED) is 0.720. The highest BCUT2D eigenvalue weighted by Crippen LogP contribution is 2.24. The molecule has 1 saturated heterocycles. The second-order valence-corrected chi connectivity index (χ2v) is 8.13. The molecule has 0 bridgehead atoms. The number of sulfonamides is 1. The fraction of sp³-hybridized carbons (Fsp3) is 0.421. The average Bonchev–Trinajstić information content (AvgIpc) is 2.71. The van der Waals surface area contributed by atoms with Crippen LogP contribution in [0, 0.1) is 11.8 Å². The first-order valence-corrected chi connectivity index (χ1v) is 11.0. The number of nitrogens with zero attached hydrogens (tertiary/aromatic N) is 4. The molecule has 3 heterocycles. The van der Waals surface area contributed by atoms with Gasteiger partial charge in [0.15, 0.2) is 0 Å². The normalized spacial score (nSPS) is 14.1. The van der Waals surface area contributed by atoms with E-state index in [2.05, 4.69) is 36.4 Å². The van der Waals surface area contributed by atoms with Crippen molar-refractivity contribution >= 4 is 21.5 Å². The van der Waals surface area contributed by atoms with Crippen molar-refractivity contribution in [2.75, 3.05) is 49.3 Å². The Bertz CT molecular complexity index is 1040. The molecule has 0 aromatic carbocycles. The van der Waals surface area contributed by atoms with Crippen LogP contribution in [0.3, 0.4) is 0 Å². The van der Waals surface area contributed by atoms with Crippen molar-refractivity contribution in [2.24, 2.45) is 0 Å². The van der Waals surface area contributed by atoms with Crippen LogP contribution in [0.5, 0.6) is 5.88 Å². The van der Waals surface area contributed by atoms with Gasteiger partial charge in [0, 0.05) is 24.8 Å². The van der Waals surface area contributed by atoms with Crippen molar-refractivity contribution in [3.05, 3.63) is 35.4 Å². The monoisotopic (exact) mass is 417 g/mol. The number of ether oxygens (including phenoxy) is 2. The largest absolute Gasteiger partial charge is 0.479 e. The molecule has 2 aromatic rings. The van der Waals surface area contributed by atoms with Crippen molar-refractivity contribution in [3.63, 3.8) is 0 Å². The molecule has 154 valence electrons. The van der Waals surface area contributed by atoms with Crippen LogP contribution >= 0.6 is 0 Å². The van der Waals surface area contributed by atoms with Crippen LogP contribution in [0.1, 0.15) is 23.7 Å². The lowest BCUT2D eigenvalue weighted by Gasteiger charge is -2.28. The smallest absolute Gasteiger partial charge is 0.238 e. The van der Waals surface area contributed by atoms with Gasteiger partial charge in [0.1, 0.15) is 17.8 Å². The summed E-state index contributed by atoms with van der Waals surface area (Å²) < 4.78 is 36.1. The van der Waals surface area contributed by atoms with Gasteiger partial charge in [-0.1, -0.05) is 18.8 Å². The number of anilines is 2. The zero-order chi connectivity index (χ0) is 20.9. The van der Waals surface area contributed by atoms with Crippen LogP contribution in [-0.4, -0.2) is 63.0 Å². The van der Waals surface area contributed by atoms with E-state index in [1.165, 1.54) is 13.3 Å². The first-order valence-electron chi connectivity index (χ1n) is 9.11.